The van der Waals surface area contributed by atoms with E-state index in [1.165, 1.54) is 23.3 Å². The van der Waals surface area contributed by atoms with Crippen LogP contribution in [0.2, 0.25) is 0 Å². The van der Waals surface area contributed by atoms with E-state index in [0.717, 1.165) is 25.3 Å². The monoisotopic (exact) mass is 355 g/mol. The van der Waals surface area contributed by atoms with E-state index in [4.69, 9.17) is 5.73 Å². The maximum atomic E-state index is 13.5. The number of rotatable bonds is 5. The van der Waals surface area contributed by atoms with Crippen molar-refractivity contribution in [2.75, 3.05) is 18.9 Å². The number of fused-ring (bicyclic) bond motifs is 1. The van der Waals surface area contributed by atoms with Gasteiger partial charge in [-0.05, 0) is 48.6 Å². The third-order valence-corrected chi connectivity index (χ3v) is 4.87. The second kappa shape index (κ2) is 7.56. The normalized spacial score (nSPS) is 15.8. The molecule has 0 aliphatic heterocycles. The van der Waals surface area contributed by atoms with Crippen LogP contribution in [0.15, 0.2) is 42.5 Å². The summed E-state index contributed by atoms with van der Waals surface area (Å²) in [7, 11) is 1.80. The van der Waals surface area contributed by atoms with Gasteiger partial charge in [0.25, 0.3) is 5.91 Å². The molecule has 26 heavy (non-hydrogen) atoms. The van der Waals surface area contributed by atoms with Crippen LogP contribution in [0.1, 0.15) is 40.4 Å². The molecule has 3 N–H and O–H groups in total. The van der Waals surface area contributed by atoms with Gasteiger partial charge in [-0.25, -0.2) is 4.39 Å². The lowest BCUT2D eigenvalue weighted by atomic mass is 9.87. The predicted molar refractivity (Wildman–Crippen MR) is 98.3 cm³/mol. The zero-order valence-corrected chi connectivity index (χ0v) is 14.7. The third-order valence-electron chi connectivity index (χ3n) is 4.87. The van der Waals surface area contributed by atoms with E-state index in [1.807, 2.05) is 12.1 Å². The smallest absolute Gasteiger partial charge is 0.251 e. The lowest BCUT2D eigenvalue weighted by molar-refractivity contribution is -0.130. The van der Waals surface area contributed by atoms with E-state index in [2.05, 4.69) is 17.4 Å². The van der Waals surface area contributed by atoms with Gasteiger partial charge in [0.1, 0.15) is 5.82 Å². The molecule has 136 valence electrons. The Morgan fingerprint density at radius 1 is 1.27 bits per heavy atom. The quantitative estimate of drug-likeness (QED) is 0.866. The van der Waals surface area contributed by atoms with Crippen LogP contribution in [-0.2, 0) is 11.2 Å². The van der Waals surface area contributed by atoms with Crippen LogP contribution in [0.4, 0.5) is 10.1 Å². The van der Waals surface area contributed by atoms with Gasteiger partial charge >= 0.3 is 0 Å². The van der Waals surface area contributed by atoms with Gasteiger partial charge in [-0.15, -0.1) is 0 Å². The van der Waals surface area contributed by atoms with Gasteiger partial charge in [0, 0.05) is 12.7 Å². The number of halogens is 1. The number of carbonyl (C=O) groups excluding carboxylic acids is 2. The van der Waals surface area contributed by atoms with Crippen molar-refractivity contribution in [1.82, 2.24) is 4.90 Å². The first-order chi connectivity index (χ1) is 12.5. The number of hydrogen-bond acceptors (Lipinski definition) is 3. The molecule has 2 amide bonds. The Morgan fingerprint density at radius 2 is 2.04 bits per heavy atom. The minimum Gasteiger partial charge on any atom is -0.376 e. The van der Waals surface area contributed by atoms with Crippen molar-refractivity contribution in [1.29, 1.82) is 0 Å². The highest BCUT2D eigenvalue weighted by atomic mass is 19.1. The van der Waals surface area contributed by atoms with Crippen molar-refractivity contribution in [2.45, 2.75) is 25.3 Å². The van der Waals surface area contributed by atoms with Crippen molar-refractivity contribution >= 4 is 17.5 Å². The van der Waals surface area contributed by atoms with E-state index >= 15 is 0 Å². The molecule has 0 spiro atoms. The van der Waals surface area contributed by atoms with Crippen molar-refractivity contribution in [3.05, 3.63) is 65.0 Å². The molecule has 0 unspecified atom stereocenters. The van der Waals surface area contributed by atoms with E-state index in [0.29, 0.717) is 5.69 Å². The molecule has 0 heterocycles. The third kappa shape index (κ3) is 3.69. The summed E-state index contributed by atoms with van der Waals surface area (Å²) in [5.74, 6) is -1.59. The topological polar surface area (TPSA) is 75.4 Å². The van der Waals surface area contributed by atoms with Crippen LogP contribution in [0, 0.1) is 5.82 Å². The van der Waals surface area contributed by atoms with Gasteiger partial charge in [0.05, 0.1) is 18.2 Å². The molecule has 6 heteroatoms. The van der Waals surface area contributed by atoms with Gasteiger partial charge in [-0.2, -0.15) is 0 Å². The first kappa shape index (κ1) is 17.9. The Balaban J connectivity index is 1.68. The lowest BCUT2D eigenvalue weighted by Crippen LogP contribution is -2.37. The minimum absolute atomic E-state index is 0.0546. The van der Waals surface area contributed by atoms with Crippen LogP contribution in [-0.4, -0.2) is 30.3 Å². The molecule has 0 fully saturated rings. The minimum atomic E-state index is -0.839. The van der Waals surface area contributed by atoms with Crippen molar-refractivity contribution in [3.63, 3.8) is 0 Å². The standard InChI is InChI=1S/C20H22FN3O2/c1-24(18-8-4-6-13-5-2-3-7-15(13)18)19(25)12-23-14-9-10-17(21)16(11-14)20(22)26/h2-3,5,7,9-11,18,23H,4,6,8,12H2,1H3,(H2,22,26)/t18-/m0/s1. The Hall–Kier alpha value is -2.89. The van der Waals surface area contributed by atoms with Gasteiger partial charge < -0.3 is 16.0 Å². The van der Waals surface area contributed by atoms with Crippen LogP contribution in [0.3, 0.4) is 0 Å². The number of amides is 2. The van der Waals surface area contributed by atoms with Gasteiger partial charge in [-0.1, -0.05) is 24.3 Å². The Kier molecular flexibility index (Phi) is 5.21. The van der Waals surface area contributed by atoms with Crippen LogP contribution < -0.4 is 11.1 Å². The summed E-state index contributed by atoms with van der Waals surface area (Å²) in [6, 6.07) is 12.2. The Morgan fingerprint density at radius 3 is 2.81 bits per heavy atom. The maximum Gasteiger partial charge on any atom is 0.251 e. The molecule has 0 saturated carbocycles. The summed E-state index contributed by atoms with van der Waals surface area (Å²) in [4.78, 5) is 25.6. The first-order valence-corrected chi connectivity index (χ1v) is 8.64. The Bertz CT molecular complexity index is 838. The summed E-state index contributed by atoms with van der Waals surface area (Å²) in [6.45, 7) is 0.0546. The fourth-order valence-corrected chi connectivity index (χ4v) is 3.43. The SMILES string of the molecule is CN(C(=O)CNc1ccc(F)c(C(N)=O)c1)[C@H]1CCCc2ccccc21. The van der Waals surface area contributed by atoms with E-state index < -0.39 is 11.7 Å². The largest absolute Gasteiger partial charge is 0.376 e. The second-order valence-corrected chi connectivity index (χ2v) is 6.52. The number of hydrogen-bond donors (Lipinski definition) is 2. The molecule has 2 aromatic rings. The number of primary amides is 1. The van der Waals surface area contributed by atoms with Crippen LogP contribution >= 0.6 is 0 Å². The first-order valence-electron chi connectivity index (χ1n) is 8.64. The zero-order valence-electron chi connectivity index (χ0n) is 14.7. The highest BCUT2D eigenvalue weighted by Gasteiger charge is 2.26. The zero-order chi connectivity index (χ0) is 18.7. The molecule has 0 bridgehead atoms. The average molecular weight is 355 g/mol. The molecule has 0 aromatic heterocycles. The highest BCUT2D eigenvalue weighted by Crippen LogP contribution is 2.33. The average Bonchev–Trinajstić information content (AvgIpc) is 2.65. The molecule has 0 radical (unpaired) electrons. The number of aryl methyl sites for hydroxylation is 1. The summed E-state index contributed by atoms with van der Waals surface area (Å²) in [6.07, 6.45) is 3.02. The predicted octanol–water partition coefficient (Wildman–Crippen LogP) is 2.87. The van der Waals surface area contributed by atoms with Crippen molar-refractivity contribution < 1.29 is 14.0 Å². The number of nitrogens with zero attached hydrogens (tertiary/aromatic N) is 1. The van der Waals surface area contributed by atoms with Crippen LogP contribution in [0.25, 0.3) is 0 Å². The number of anilines is 1. The molecule has 0 saturated heterocycles. The number of nitrogens with one attached hydrogen (secondary N) is 1. The van der Waals surface area contributed by atoms with E-state index in [-0.39, 0.29) is 24.1 Å². The second-order valence-electron chi connectivity index (χ2n) is 6.52. The molecule has 5 nitrogen and oxygen atoms in total. The van der Waals surface area contributed by atoms with Gasteiger partial charge in [0.2, 0.25) is 5.91 Å². The summed E-state index contributed by atoms with van der Waals surface area (Å²) >= 11 is 0. The maximum absolute atomic E-state index is 13.5. The Labute approximate surface area is 152 Å². The van der Waals surface area contributed by atoms with Crippen molar-refractivity contribution in [2.24, 2.45) is 5.73 Å². The molecular formula is C20H22FN3O2. The molecular weight excluding hydrogens is 333 g/mol. The fourth-order valence-electron chi connectivity index (χ4n) is 3.43. The fraction of sp³-hybridized carbons (Fsp3) is 0.300. The molecule has 1 aliphatic carbocycles. The highest BCUT2D eigenvalue weighted by molar-refractivity contribution is 5.94. The number of benzene rings is 2. The number of nitrogens with two attached hydrogens (primary N) is 1. The summed E-state index contributed by atoms with van der Waals surface area (Å²) < 4.78 is 13.5. The number of carbonyl (C=O) groups is 2. The number of likely N-dealkylation sites (N-methyl/N-ethyl adjacent to an activating group) is 1. The van der Waals surface area contributed by atoms with E-state index in [9.17, 15) is 14.0 Å². The lowest BCUT2D eigenvalue weighted by Gasteiger charge is -2.33. The van der Waals surface area contributed by atoms with Crippen LogP contribution in [0.5, 0.6) is 0 Å². The van der Waals surface area contributed by atoms with Crippen molar-refractivity contribution in [3.8, 4) is 0 Å². The summed E-state index contributed by atoms with van der Waals surface area (Å²) in [5, 5.41) is 2.95. The molecule has 1 aliphatic rings. The molecule has 1 atom stereocenters. The van der Waals surface area contributed by atoms with Gasteiger partial charge in [0.15, 0.2) is 0 Å². The summed E-state index contributed by atoms with van der Waals surface area (Å²) in [5.41, 5.74) is 7.92. The van der Waals surface area contributed by atoms with E-state index in [1.54, 1.807) is 11.9 Å². The molecule has 3 rings (SSSR count). The van der Waals surface area contributed by atoms with Gasteiger partial charge in [-0.3, -0.25) is 9.59 Å². The molecule has 2 aromatic carbocycles.